The number of halogens is 3. The summed E-state index contributed by atoms with van der Waals surface area (Å²) in [5.74, 6) is -0.0446. The first-order valence-electron chi connectivity index (χ1n) is 5.44. The van der Waals surface area contributed by atoms with E-state index in [2.05, 4.69) is 43.8 Å². The largest absolute Gasteiger partial charge is 0.352 e. The molecule has 0 atom stereocenters. The minimum Gasteiger partial charge on any atom is -0.352 e. The molecule has 0 saturated heterocycles. The smallest absolute Gasteiger partial charge is 0.251 e. The van der Waals surface area contributed by atoms with Gasteiger partial charge in [-0.25, -0.2) is 0 Å². The fourth-order valence-electron chi connectivity index (χ4n) is 1.34. The predicted molar refractivity (Wildman–Crippen MR) is 84.2 cm³/mol. The first-order valence-corrected chi connectivity index (χ1v) is 8.14. The quantitative estimate of drug-likeness (QED) is 0.404. The molecule has 0 aromatic heterocycles. The summed E-state index contributed by atoms with van der Waals surface area (Å²) in [6, 6.07) is 5.19. The van der Waals surface area contributed by atoms with E-state index in [1.807, 2.05) is 0 Å². The number of carbonyl (C=O) groups excluding carboxylic acids is 1. The molecule has 0 aliphatic heterocycles. The lowest BCUT2D eigenvalue weighted by Crippen LogP contribution is -2.24. The van der Waals surface area contributed by atoms with E-state index in [-0.39, 0.29) is 5.91 Å². The first-order chi connectivity index (χ1) is 8.15. The van der Waals surface area contributed by atoms with Gasteiger partial charge in [0.25, 0.3) is 5.91 Å². The summed E-state index contributed by atoms with van der Waals surface area (Å²) in [5, 5.41) is 3.51. The van der Waals surface area contributed by atoms with Crippen molar-refractivity contribution >= 4 is 56.0 Å². The second kappa shape index (κ2) is 8.32. The molecule has 0 radical (unpaired) electrons. The van der Waals surface area contributed by atoms with Gasteiger partial charge in [-0.15, -0.1) is 0 Å². The highest BCUT2D eigenvalue weighted by atomic mass is 127. The number of amides is 1. The van der Waals surface area contributed by atoms with Crippen LogP contribution in [0.2, 0.25) is 5.02 Å². The molecule has 0 saturated carbocycles. The molecular formula is C12H14BrClINO. The summed E-state index contributed by atoms with van der Waals surface area (Å²) in [6.45, 7) is 0.732. The van der Waals surface area contributed by atoms with Crippen molar-refractivity contribution in [1.82, 2.24) is 5.32 Å². The summed E-state index contributed by atoms with van der Waals surface area (Å²) in [5.41, 5.74) is 0.634. The van der Waals surface area contributed by atoms with Crippen molar-refractivity contribution < 1.29 is 4.79 Å². The van der Waals surface area contributed by atoms with Crippen LogP contribution in [0, 0.1) is 0 Å². The molecule has 0 heterocycles. The van der Waals surface area contributed by atoms with Crippen LogP contribution in [0.5, 0.6) is 0 Å². The van der Waals surface area contributed by atoms with Crippen LogP contribution in [0.25, 0.3) is 0 Å². The van der Waals surface area contributed by atoms with Gasteiger partial charge in [0.15, 0.2) is 0 Å². The fourth-order valence-corrected chi connectivity index (χ4v) is 2.37. The van der Waals surface area contributed by atoms with Crippen LogP contribution in [-0.2, 0) is 0 Å². The van der Waals surface area contributed by atoms with Gasteiger partial charge in [0.2, 0.25) is 0 Å². The lowest BCUT2D eigenvalue weighted by molar-refractivity contribution is 0.0953. The third-order valence-corrected chi connectivity index (χ3v) is 4.25. The molecule has 1 aromatic rings. The van der Waals surface area contributed by atoms with Gasteiger partial charge in [0.05, 0.1) is 5.02 Å². The molecule has 0 bridgehead atoms. The highest BCUT2D eigenvalue weighted by Crippen LogP contribution is 2.23. The summed E-state index contributed by atoms with van der Waals surface area (Å²) in [6.07, 6.45) is 3.40. The van der Waals surface area contributed by atoms with Crippen molar-refractivity contribution in [1.29, 1.82) is 0 Å². The molecule has 1 aromatic carbocycles. The van der Waals surface area contributed by atoms with Crippen molar-refractivity contribution in [3.63, 3.8) is 0 Å². The fraction of sp³-hybridized carbons (Fsp3) is 0.417. The molecule has 5 heteroatoms. The highest BCUT2D eigenvalue weighted by Gasteiger charge is 2.06. The Morgan fingerprint density at radius 3 is 2.76 bits per heavy atom. The minimum atomic E-state index is -0.0446. The molecule has 1 rings (SSSR count). The van der Waals surface area contributed by atoms with Gasteiger partial charge in [0, 0.05) is 16.6 Å². The molecule has 0 unspecified atom stereocenters. The van der Waals surface area contributed by atoms with Crippen molar-refractivity contribution in [3.05, 3.63) is 33.3 Å². The zero-order valence-corrected chi connectivity index (χ0v) is 13.8. The Morgan fingerprint density at radius 1 is 1.35 bits per heavy atom. The van der Waals surface area contributed by atoms with Crippen molar-refractivity contribution in [3.8, 4) is 0 Å². The van der Waals surface area contributed by atoms with Gasteiger partial charge in [-0.05, 0) is 51.4 Å². The number of rotatable bonds is 6. The van der Waals surface area contributed by atoms with Gasteiger partial charge in [0.1, 0.15) is 0 Å². The van der Waals surface area contributed by atoms with Crippen LogP contribution in [0.3, 0.4) is 0 Å². The highest BCUT2D eigenvalue weighted by molar-refractivity contribution is 14.1. The lowest BCUT2D eigenvalue weighted by Gasteiger charge is -2.05. The van der Waals surface area contributed by atoms with Crippen LogP contribution >= 0.6 is 50.1 Å². The topological polar surface area (TPSA) is 29.1 Å². The van der Waals surface area contributed by atoms with Crippen LogP contribution in [0.1, 0.15) is 29.6 Å². The Bertz CT molecular complexity index is 387. The van der Waals surface area contributed by atoms with E-state index in [4.69, 9.17) is 11.6 Å². The van der Waals surface area contributed by atoms with Crippen LogP contribution in [0.4, 0.5) is 0 Å². The van der Waals surface area contributed by atoms with Gasteiger partial charge in [-0.3, -0.25) is 4.79 Å². The zero-order chi connectivity index (χ0) is 12.7. The summed E-state index contributed by atoms with van der Waals surface area (Å²) in [4.78, 5) is 11.8. The Balaban J connectivity index is 2.39. The Hall–Kier alpha value is 0.190. The third kappa shape index (κ3) is 5.57. The maximum atomic E-state index is 11.8. The second-order valence-corrected chi connectivity index (χ2v) is 5.97. The third-order valence-electron chi connectivity index (χ3n) is 2.28. The van der Waals surface area contributed by atoms with Crippen molar-refractivity contribution in [2.45, 2.75) is 19.3 Å². The maximum absolute atomic E-state index is 11.8. The first kappa shape index (κ1) is 15.2. The molecule has 0 aliphatic carbocycles. The van der Waals surface area contributed by atoms with E-state index < -0.39 is 0 Å². The molecule has 0 aliphatic rings. The SMILES string of the molecule is O=C(NCCCCCI)c1ccc(Cl)c(Br)c1. The van der Waals surface area contributed by atoms with Gasteiger partial charge < -0.3 is 5.32 Å². The summed E-state index contributed by atoms with van der Waals surface area (Å²) >= 11 is 11.5. The second-order valence-electron chi connectivity index (χ2n) is 3.63. The average molecular weight is 431 g/mol. The minimum absolute atomic E-state index is 0.0446. The van der Waals surface area contributed by atoms with E-state index in [9.17, 15) is 4.79 Å². The van der Waals surface area contributed by atoms with E-state index in [1.54, 1.807) is 18.2 Å². The van der Waals surface area contributed by atoms with Crippen LogP contribution in [-0.4, -0.2) is 16.9 Å². The zero-order valence-electron chi connectivity index (χ0n) is 9.31. The Kier molecular flexibility index (Phi) is 7.46. The lowest BCUT2D eigenvalue weighted by atomic mass is 10.2. The molecule has 1 amide bonds. The summed E-state index contributed by atoms with van der Waals surface area (Å²) in [7, 11) is 0. The average Bonchev–Trinajstić information content (AvgIpc) is 2.32. The predicted octanol–water partition coefficient (Wildman–Crippen LogP) is 4.44. The van der Waals surface area contributed by atoms with Crippen molar-refractivity contribution in [2.75, 3.05) is 11.0 Å². The van der Waals surface area contributed by atoms with Gasteiger partial charge in [-0.1, -0.05) is 40.6 Å². The maximum Gasteiger partial charge on any atom is 0.251 e. The Morgan fingerprint density at radius 2 is 2.12 bits per heavy atom. The number of hydrogen-bond acceptors (Lipinski definition) is 1. The number of unbranched alkanes of at least 4 members (excludes halogenated alkanes) is 2. The van der Waals surface area contributed by atoms with E-state index >= 15 is 0 Å². The number of alkyl halides is 1. The van der Waals surface area contributed by atoms with Crippen LogP contribution in [0.15, 0.2) is 22.7 Å². The van der Waals surface area contributed by atoms with Crippen LogP contribution < -0.4 is 5.32 Å². The summed E-state index contributed by atoms with van der Waals surface area (Å²) < 4.78 is 1.92. The van der Waals surface area contributed by atoms with Gasteiger partial charge in [-0.2, -0.15) is 0 Å². The van der Waals surface area contributed by atoms with E-state index in [1.165, 1.54) is 10.8 Å². The molecule has 2 nitrogen and oxygen atoms in total. The molecule has 0 fully saturated rings. The van der Waals surface area contributed by atoms with Gasteiger partial charge >= 0.3 is 0 Å². The number of hydrogen-bond donors (Lipinski definition) is 1. The number of nitrogens with one attached hydrogen (secondary N) is 1. The monoisotopic (exact) mass is 429 g/mol. The molecule has 0 spiro atoms. The molecule has 94 valence electrons. The van der Waals surface area contributed by atoms with Crippen molar-refractivity contribution in [2.24, 2.45) is 0 Å². The molecule has 1 N–H and O–H groups in total. The standard InChI is InChI=1S/C12H14BrClINO/c13-10-8-9(4-5-11(10)14)12(17)16-7-3-1-2-6-15/h4-5,8H,1-3,6-7H2,(H,16,17). The number of benzene rings is 1. The normalized spacial score (nSPS) is 10.3. The number of carbonyl (C=O) groups is 1. The van der Waals surface area contributed by atoms with E-state index in [0.717, 1.165) is 23.9 Å². The van der Waals surface area contributed by atoms with E-state index in [0.29, 0.717) is 10.6 Å². The molecular weight excluding hydrogens is 416 g/mol. The molecule has 17 heavy (non-hydrogen) atoms. The Labute approximate surface area is 129 Å².